The van der Waals surface area contributed by atoms with E-state index in [9.17, 15) is 0 Å². The van der Waals surface area contributed by atoms with Crippen molar-refractivity contribution in [3.8, 4) is 0 Å². The van der Waals surface area contributed by atoms with Crippen LogP contribution in [-0.4, -0.2) is 0 Å². The lowest BCUT2D eigenvalue weighted by atomic mass is 9.89. The maximum absolute atomic E-state index is 6.33. The monoisotopic (exact) mass is 239 g/mol. The van der Waals surface area contributed by atoms with Crippen LogP contribution in [0.5, 0.6) is 0 Å². The van der Waals surface area contributed by atoms with E-state index in [-0.39, 0.29) is 5.54 Å². The lowest BCUT2D eigenvalue weighted by Gasteiger charge is -2.22. The summed E-state index contributed by atoms with van der Waals surface area (Å²) in [7, 11) is 0. The molecule has 0 saturated heterocycles. The fraction of sp³-hybridized carbons (Fsp3) is 0.571. The second kappa shape index (κ2) is 5.20. The Kier molecular flexibility index (Phi) is 4.40. The van der Waals surface area contributed by atoms with Crippen molar-refractivity contribution in [2.45, 2.75) is 52.0 Å². The fourth-order valence-corrected chi connectivity index (χ4v) is 2.32. The lowest BCUT2D eigenvalue weighted by Crippen LogP contribution is -2.28. The van der Waals surface area contributed by atoms with Crippen molar-refractivity contribution in [1.82, 2.24) is 0 Å². The van der Waals surface area contributed by atoms with E-state index in [1.165, 1.54) is 5.56 Å². The van der Waals surface area contributed by atoms with E-state index < -0.39 is 0 Å². The Bertz CT molecular complexity index is 348. The van der Waals surface area contributed by atoms with Gasteiger partial charge in [0.1, 0.15) is 0 Å². The van der Waals surface area contributed by atoms with Crippen molar-refractivity contribution < 1.29 is 0 Å². The quantitative estimate of drug-likeness (QED) is 0.826. The lowest BCUT2D eigenvalue weighted by molar-refractivity contribution is 0.553. The van der Waals surface area contributed by atoms with E-state index in [0.29, 0.717) is 5.92 Å². The van der Waals surface area contributed by atoms with E-state index in [1.807, 2.05) is 19.9 Å². The molecule has 0 bridgehead atoms. The molecule has 0 aliphatic rings. The van der Waals surface area contributed by atoms with Gasteiger partial charge in [-0.3, -0.25) is 0 Å². The first-order valence-corrected chi connectivity index (χ1v) is 6.36. The van der Waals surface area contributed by atoms with Gasteiger partial charge in [0, 0.05) is 10.6 Å². The van der Waals surface area contributed by atoms with Crippen molar-refractivity contribution in [3.05, 3.63) is 34.3 Å². The van der Waals surface area contributed by atoms with Crippen LogP contribution in [0.15, 0.2) is 18.2 Å². The van der Waals surface area contributed by atoms with E-state index >= 15 is 0 Å². The molecule has 0 spiro atoms. The van der Waals surface area contributed by atoms with Crippen LogP contribution in [0.1, 0.15) is 57.6 Å². The minimum atomic E-state index is -0.323. The summed E-state index contributed by atoms with van der Waals surface area (Å²) in [6, 6.07) is 6.23. The van der Waals surface area contributed by atoms with Crippen molar-refractivity contribution >= 4 is 11.6 Å². The molecular weight excluding hydrogens is 218 g/mol. The highest BCUT2D eigenvalue weighted by atomic mass is 35.5. The number of nitrogens with two attached hydrogens (primary N) is 1. The summed E-state index contributed by atoms with van der Waals surface area (Å²) in [5.41, 5.74) is 8.07. The summed E-state index contributed by atoms with van der Waals surface area (Å²) in [6.45, 7) is 8.39. The smallest absolute Gasteiger partial charge is 0.0444 e. The highest BCUT2D eigenvalue weighted by molar-refractivity contribution is 6.31. The van der Waals surface area contributed by atoms with Crippen LogP contribution < -0.4 is 5.73 Å². The first kappa shape index (κ1) is 13.5. The van der Waals surface area contributed by atoms with Gasteiger partial charge in [0.2, 0.25) is 0 Å². The molecule has 0 radical (unpaired) electrons. The molecule has 90 valence electrons. The first-order valence-electron chi connectivity index (χ1n) is 5.99. The molecule has 0 aliphatic heterocycles. The second-order valence-electron chi connectivity index (χ2n) is 4.97. The number of hydrogen-bond acceptors (Lipinski definition) is 1. The van der Waals surface area contributed by atoms with Crippen LogP contribution in [0.2, 0.25) is 5.02 Å². The van der Waals surface area contributed by atoms with Gasteiger partial charge < -0.3 is 5.73 Å². The number of halogens is 1. The molecule has 1 nitrogen and oxygen atoms in total. The summed E-state index contributed by atoms with van der Waals surface area (Å²) in [5.74, 6) is 0.558. The van der Waals surface area contributed by atoms with Gasteiger partial charge in [0.05, 0.1) is 0 Å². The topological polar surface area (TPSA) is 26.0 Å². The van der Waals surface area contributed by atoms with Crippen molar-refractivity contribution in [1.29, 1.82) is 0 Å². The van der Waals surface area contributed by atoms with Crippen LogP contribution >= 0.6 is 11.6 Å². The molecule has 1 rings (SSSR count). The fourth-order valence-electron chi connectivity index (χ4n) is 1.99. The first-order chi connectivity index (χ1) is 7.40. The summed E-state index contributed by atoms with van der Waals surface area (Å²) >= 11 is 6.33. The van der Waals surface area contributed by atoms with Gasteiger partial charge >= 0.3 is 0 Å². The Morgan fingerprint density at radius 2 is 1.81 bits per heavy atom. The molecule has 0 aliphatic carbocycles. The predicted octanol–water partition coefficient (Wildman–Crippen LogP) is 4.44. The van der Waals surface area contributed by atoms with Crippen molar-refractivity contribution in [2.24, 2.45) is 5.73 Å². The molecular formula is C14H22ClN. The number of hydrogen-bond donors (Lipinski definition) is 1. The summed E-state index contributed by atoms with van der Waals surface area (Å²) in [5, 5.41) is 0.852. The molecule has 1 aromatic carbocycles. The van der Waals surface area contributed by atoms with Gasteiger partial charge in [-0.2, -0.15) is 0 Å². The molecule has 0 aromatic heterocycles. The molecule has 0 unspecified atom stereocenters. The molecule has 16 heavy (non-hydrogen) atoms. The van der Waals surface area contributed by atoms with Gasteiger partial charge in [-0.1, -0.05) is 37.6 Å². The molecule has 1 aromatic rings. The van der Waals surface area contributed by atoms with E-state index in [0.717, 1.165) is 23.4 Å². The predicted molar refractivity (Wildman–Crippen MR) is 72.0 cm³/mol. The Hall–Kier alpha value is -0.530. The van der Waals surface area contributed by atoms with Gasteiger partial charge in [0.15, 0.2) is 0 Å². The number of rotatable bonds is 4. The highest BCUT2D eigenvalue weighted by Gasteiger charge is 2.17. The van der Waals surface area contributed by atoms with Crippen molar-refractivity contribution in [3.63, 3.8) is 0 Å². The van der Waals surface area contributed by atoms with Gasteiger partial charge in [-0.15, -0.1) is 0 Å². The Morgan fingerprint density at radius 3 is 2.19 bits per heavy atom. The minimum absolute atomic E-state index is 0.323. The van der Waals surface area contributed by atoms with Gasteiger partial charge in [0.25, 0.3) is 0 Å². The second-order valence-corrected chi connectivity index (χ2v) is 5.38. The molecule has 0 heterocycles. The zero-order valence-electron chi connectivity index (χ0n) is 10.7. The maximum atomic E-state index is 6.33. The van der Waals surface area contributed by atoms with E-state index in [1.54, 1.807) is 0 Å². The van der Waals surface area contributed by atoms with Crippen LogP contribution in [-0.2, 0) is 5.54 Å². The Labute approximate surface area is 104 Å². The highest BCUT2D eigenvalue weighted by Crippen LogP contribution is 2.32. The molecule has 0 fully saturated rings. The summed E-state index contributed by atoms with van der Waals surface area (Å²) in [6.07, 6.45) is 2.25. The average molecular weight is 240 g/mol. The van der Waals surface area contributed by atoms with Crippen LogP contribution in [0.3, 0.4) is 0 Å². The molecule has 0 amide bonds. The van der Waals surface area contributed by atoms with Gasteiger partial charge in [-0.25, -0.2) is 0 Å². The van der Waals surface area contributed by atoms with Gasteiger partial charge in [-0.05, 0) is 49.8 Å². The van der Waals surface area contributed by atoms with E-state index in [4.69, 9.17) is 17.3 Å². The average Bonchev–Trinajstić information content (AvgIpc) is 2.20. The third-order valence-electron chi connectivity index (χ3n) is 3.17. The zero-order chi connectivity index (χ0) is 12.3. The van der Waals surface area contributed by atoms with Crippen molar-refractivity contribution in [2.75, 3.05) is 0 Å². The SMILES string of the molecule is CCC(CC)c1ccc(C(C)(C)N)cc1Cl. The van der Waals surface area contributed by atoms with Crippen LogP contribution in [0.25, 0.3) is 0 Å². The maximum Gasteiger partial charge on any atom is 0.0444 e. The summed E-state index contributed by atoms with van der Waals surface area (Å²) < 4.78 is 0. The summed E-state index contributed by atoms with van der Waals surface area (Å²) in [4.78, 5) is 0. The molecule has 0 atom stereocenters. The van der Waals surface area contributed by atoms with Crippen LogP contribution in [0.4, 0.5) is 0 Å². The minimum Gasteiger partial charge on any atom is -0.322 e. The molecule has 0 saturated carbocycles. The third kappa shape index (κ3) is 2.99. The normalized spacial score (nSPS) is 12.2. The van der Waals surface area contributed by atoms with E-state index in [2.05, 4.69) is 26.0 Å². The zero-order valence-corrected chi connectivity index (χ0v) is 11.4. The standard InChI is InChI=1S/C14H22ClN/c1-5-10(6-2)12-8-7-11(9-13(12)15)14(3,4)16/h7-10H,5-6,16H2,1-4H3. The third-order valence-corrected chi connectivity index (χ3v) is 3.50. The molecule has 2 N–H and O–H groups in total. The molecule has 2 heteroatoms. The largest absolute Gasteiger partial charge is 0.322 e. The number of benzene rings is 1. The van der Waals surface area contributed by atoms with Crippen LogP contribution in [0, 0.1) is 0 Å². The Morgan fingerprint density at radius 1 is 1.25 bits per heavy atom. The Balaban J connectivity index is 3.09.